The van der Waals surface area contributed by atoms with Gasteiger partial charge in [-0.3, -0.25) is 4.79 Å². The first-order chi connectivity index (χ1) is 12.2. The van der Waals surface area contributed by atoms with Crippen LogP contribution >= 0.6 is 0 Å². The first-order valence-corrected chi connectivity index (χ1v) is 8.48. The average Bonchev–Trinajstić information content (AvgIpc) is 3.28. The number of nitrogens with zero attached hydrogens (tertiary/aromatic N) is 3. The minimum absolute atomic E-state index is 0.0654. The van der Waals surface area contributed by atoms with Gasteiger partial charge in [-0.15, -0.1) is 0 Å². The number of benzene rings is 1. The van der Waals surface area contributed by atoms with Gasteiger partial charge in [0.05, 0.1) is 25.6 Å². The van der Waals surface area contributed by atoms with Crippen molar-refractivity contribution >= 4 is 5.91 Å². The molecule has 0 spiro atoms. The molecule has 1 aliphatic rings. The Hall–Kier alpha value is -2.38. The second-order valence-electron chi connectivity index (χ2n) is 6.22. The van der Waals surface area contributed by atoms with E-state index in [-0.39, 0.29) is 11.9 Å². The Balaban J connectivity index is 1.47. The summed E-state index contributed by atoms with van der Waals surface area (Å²) >= 11 is 0. The van der Waals surface area contributed by atoms with Crippen molar-refractivity contribution in [1.29, 1.82) is 0 Å². The molecule has 2 aromatic rings. The van der Waals surface area contributed by atoms with Gasteiger partial charge in [0.1, 0.15) is 5.75 Å². The SMILES string of the molecule is COc1ccc(C(=O)N2C[C@@H](O)[C@H](NCCCn3ccnc3)C2)cc1. The number of carbonyl (C=O) groups excluding carboxylic acids is 1. The number of nitrogens with one attached hydrogen (secondary N) is 1. The number of methoxy groups -OCH3 is 1. The number of likely N-dealkylation sites (tertiary alicyclic amines) is 1. The molecule has 2 atom stereocenters. The van der Waals surface area contributed by atoms with Crippen LogP contribution in [0.25, 0.3) is 0 Å². The molecule has 1 amide bonds. The standard InChI is InChI=1S/C18H24N4O3/c1-25-15-5-3-14(4-6-15)18(24)22-11-16(17(23)12-22)20-7-2-9-21-10-8-19-13-21/h3-6,8,10,13,16-17,20,23H,2,7,9,11-12H2,1H3/t16-,17-/m1/s1. The van der Waals surface area contributed by atoms with E-state index in [1.54, 1.807) is 48.8 Å². The van der Waals surface area contributed by atoms with Gasteiger partial charge in [0.25, 0.3) is 5.91 Å². The number of imidazole rings is 1. The predicted molar refractivity (Wildman–Crippen MR) is 93.5 cm³/mol. The Kier molecular flexibility index (Phi) is 5.67. The largest absolute Gasteiger partial charge is 0.497 e. The number of amides is 1. The molecular weight excluding hydrogens is 320 g/mol. The van der Waals surface area contributed by atoms with Crippen LogP contribution in [0.4, 0.5) is 0 Å². The molecular formula is C18H24N4O3. The van der Waals surface area contributed by atoms with Gasteiger partial charge in [-0.2, -0.15) is 0 Å². The Labute approximate surface area is 147 Å². The highest BCUT2D eigenvalue weighted by Crippen LogP contribution is 2.17. The minimum atomic E-state index is -0.546. The highest BCUT2D eigenvalue weighted by Gasteiger charge is 2.33. The Morgan fingerprint density at radius 1 is 1.36 bits per heavy atom. The maximum Gasteiger partial charge on any atom is 0.254 e. The number of ether oxygens (including phenoxy) is 1. The van der Waals surface area contributed by atoms with Gasteiger partial charge in [-0.25, -0.2) is 4.98 Å². The lowest BCUT2D eigenvalue weighted by Crippen LogP contribution is -2.40. The molecule has 0 radical (unpaired) electrons. The maximum atomic E-state index is 12.6. The molecule has 0 aliphatic carbocycles. The Morgan fingerprint density at radius 3 is 2.84 bits per heavy atom. The highest BCUT2D eigenvalue weighted by molar-refractivity contribution is 5.94. The summed E-state index contributed by atoms with van der Waals surface area (Å²) in [5.74, 6) is 0.653. The van der Waals surface area contributed by atoms with E-state index < -0.39 is 6.10 Å². The van der Waals surface area contributed by atoms with Crippen LogP contribution in [0.5, 0.6) is 5.75 Å². The van der Waals surface area contributed by atoms with Crippen LogP contribution in [0, 0.1) is 0 Å². The summed E-state index contributed by atoms with van der Waals surface area (Å²) in [5, 5.41) is 13.6. The quantitative estimate of drug-likeness (QED) is 0.725. The van der Waals surface area contributed by atoms with Gasteiger partial charge in [0.15, 0.2) is 0 Å². The topological polar surface area (TPSA) is 79.6 Å². The third kappa shape index (κ3) is 4.37. The zero-order valence-electron chi connectivity index (χ0n) is 14.3. The smallest absolute Gasteiger partial charge is 0.254 e. The molecule has 1 fully saturated rings. The average molecular weight is 344 g/mol. The van der Waals surface area contributed by atoms with Gasteiger partial charge in [-0.1, -0.05) is 0 Å². The zero-order chi connectivity index (χ0) is 17.6. The molecule has 25 heavy (non-hydrogen) atoms. The summed E-state index contributed by atoms with van der Waals surface area (Å²) in [4.78, 5) is 18.3. The van der Waals surface area contributed by atoms with Crippen LogP contribution in [0.3, 0.4) is 0 Å². The normalized spacial score (nSPS) is 20.0. The summed E-state index contributed by atoms with van der Waals surface area (Å²) in [6, 6.07) is 6.95. The van der Waals surface area contributed by atoms with Gasteiger partial charge in [0, 0.05) is 37.6 Å². The van der Waals surface area contributed by atoms with Crippen molar-refractivity contribution in [3.05, 3.63) is 48.5 Å². The summed E-state index contributed by atoms with van der Waals surface area (Å²) in [6.07, 6.45) is 5.87. The van der Waals surface area contributed by atoms with Gasteiger partial charge >= 0.3 is 0 Å². The molecule has 1 saturated heterocycles. The van der Waals surface area contributed by atoms with Crippen molar-refractivity contribution in [2.75, 3.05) is 26.7 Å². The van der Waals surface area contributed by atoms with Crippen molar-refractivity contribution in [2.24, 2.45) is 0 Å². The minimum Gasteiger partial charge on any atom is -0.497 e. The third-order valence-corrected chi connectivity index (χ3v) is 4.47. The van der Waals surface area contributed by atoms with Crippen LogP contribution in [0.15, 0.2) is 43.0 Å². The molecule has 1 aliphatic heterocycles. The number of hydrogen-bond acceptors (Lipinski definition) is 5. The van der Waals surface area contributed by atoms with E-state index >= 15 is 0 Å². The molecule has 0 saturated carbocycles. The lowest BCUT2D eigenvalue weighted by Gasteiger charge is -2.17. The first kappa shape index (κ1) is 17.4. The van der Waals surface area contributed by atoms with Crippen molar-refractivity contribution in [1.82, 2.24) is 19.8 Å². The van der Waals surface area contributed by atoms with Crippen molar-refractivity contribution in [2.45, 2.75) is 25.1 Å². The lowest BCUT2D eigenvalue weighted by molar-refractivity contribution is 0.0765. The molecule has 0 unspecified atom stereocenters. The second-order valence-corrected chi connectivity index (χ2v) is 6.22. The van der Waals surface area contributed by atoms with E-state index in [1.165, 1.54) is 0 Å². The molecule has 7 heteroatoms. The number of carbonyl (C=O) groups is 1. The number of hydrogen-bond donors (Lipinski definition) is 2. The highest BCUT2D eigenvalue weighted by atomic mass is 16.5. The Bertz CT molecular complexity index is 672. The van der Waals surface area contributed by atoms with Crippen LogP contribution in [-0.2, 0) is 6.54 Å². The fourth-order valence-electron chi connectivity index (χ4n) is 3.04. The predicted octanol–water partition coefficient (Wildman–Crippen LogP) is 0.757. The molecule has 2 heterocycles. The first-order valence-electron chi connectivity index (χ1n) is 8.48. The number of aliphatic hydroxyl groups excluding tert-OH is 1. The van der Waals surface area contributed by atoms with E-state index in [2.05, 4.69) is 10.3 Å². The van der Waals surface area contributed by atoms with Crippen molar-refractivity contribution < 1.29 is 14.6 Å². The summed E-state index contributed by atoms with van der Waals surface area (Å²) in [6.45, 7) is 2.52. The fraction of sp³-hybridized carbons (Fsp3) is 0.444. The van der Waals surface area contributed by atoms with E-state index in [4.69, 9.17) is 4.74 Å². The Morgan fingerprint density at radius 2 is 2.16 bits per heavy atom. The summed E-state index contributed by atoms with van der Waals surface area (Å²) in [5.41, 5.74) is 0.605. The number of β-amino-alcohol motifs (C(OH)–C–C–N with tert-alkyl or cyclic N) is 1. The van der Waals surface area contributed by atoms with Gasteiger partial charge < -0.3 is 24.6 Å². The van der Waals surface area contributed by atoms with Crippen LogP contribution in [-0.4, -0.2) is 64.4 Å². The molecule has 3 rings (SSSR count). The second kappa shape index (κ2) is 8.13. The number of rotatable bonds is 7. The maximum absolute atomic E-state index is 12.6. The molecule has 0 bridgehead atoms. The number of aryl methyl sites for hydroxylation is 1. The van der Waals surface area contributed by atoms with E-state index in [9.17, 15) is 9.90 Å². The fourth-order valence-corrected chi connectivity index (χ4v) is 3.04. The number of aliphatic hydroxyl groups is 1. The molecule has 7 nitrogen and oxygen atoms in total. The van der Waals surface area contributed by atoms with E-state index in [0.29, 0.717) is 18.7 Å². The van der Waals surface area contributed by atoms with Crippen molar-refractivity contribution in [3.63, 3.8) is 0 Å². The van der Waals surface area contributed by atoms with Crippen LogP contribution < -0.4 is 10.1 Å². The third-order valence-electron chi connectivity index (χ3n) is 4.47. The zero-order valence-corrected chi connectivity index (χ0v) is 14.3. The van der Waals surface area contributed by atoms with Gasteiger partial charge in [-0.05, 0) is 37.2 Å². The lowest BCUT2D eigenvalue weighted by atomic mass is 10.2. The molecule has 134 valence electrons. The monoisotopic (exact) mass is 344 g/mol. The van der Waals surface area contributed by atoms with Gasteiger partial charge in [0.2, 0.25) is 0 Å². The van der Waals surface area contributed by atoms with Crippen molar-refractivity contribution in [3.8, 4) is 5.75 Å². The van der Waals surface area contributed by atoms with Crippen LogP contribution in [0.2, 0.25) is 0 Å². The van der Waals surface area contributed by atoms with Crippen LogP contribution in [0.1, 0.15) is 16.8 Å². The molecule has 2 N–H and O–H groups in total. The number of aromatic nitrogens is 2. The summed E-state index contributed by atoms with van der Waals surface area (Å²) < 4.78 is 7.13. The summed E-state index contributed by atoms with van der Waals surface area (Å²) in [7, 11) is 1.59. The molecule has 1 aromatic heterocycles. The van der Waals surface area contributed by atoms with E-state index in [0.717, 1.165) is 25.3 Å². The van der Waals surface area contributed by atoms with E-state index in [1.807, 2.05) is 10.8 Å². The molecule has 1 aromatic carbocycles.